The van der Waals surface area contributed by atoms with E-state index in [9.17, 15) is 9.90 Å². The fourth-order valence-electron chi connectivity index (χ4n) is 1.64. The van der Waals surface area contributed by atoms with Crippen molar-refractivity contribution in [2.24, 2.45) is 5.92 Å². The molecule has 0 aromatic carbocycles. The molecule has 0 amide bonds. The summed E-state index contributed by atoms with van der Waals surface area (Å²) in [6.07, 6.45) is 2.57. The van der Waals surface area contributed by atoms with Gasteiger partial charge >= 0.3 is 5.97 Å². The van der Waals surface area contributed by atoms with Crippen LogP contribution in [-0.2, 0) is 14.3 Å². The number of methoxy groups -OCH3 is 1. The van der Waals surface area contributed by atoms with Gasteiger partial charge in [0.2, 0.25) is 0 Å². The number of rotatable bonds is 8. The molecule has 17 heavy (non-hydrogen) atoms. The van der Waals surface area contributed by atoms with Crippen molar-refractivity contribution in [2.75, 3.05) is 40.5 Å². The quantitative estimate of drug-likeness (QED) is 0.491. The second-order valence-corrected chi connectivity index (χ2v) is 5.02. The van der Waals surface area contributed by atoms with Gasteiger partial charge in [-0.05, 0) is 32.7 Å². The molecule has 1 aliphatic carbocycles. The van der Waals surface area contributed by atoms with Gasteiger partial charge in [-0.25, -0.2) is 4.79 Å². The first-order valence-electron chi connectivity index (χ1n) is 6.03. The number of esters is 1. The fraction of sp³-hybridized carbons (Fsp3) is 0.917. The summed E-state index contributed by atoms with van der Waals surface area (Å²) in [6, 6.07) is 0. The van der Waals surface area contributed by atoms with Gasteiger partial charge in [-0.3, -0.25) is 0 Å². The molecule has 0 heterocycles. The van der Waals surface area contributed by atoms with E-state index >= 15 is 0 Å². The molecule has 100 valence electrons. The summed E-state index contributed by atoms with van der Waals surface area (Å²) in [5.41, 5.74) is -1.46. The summed E-state index contributed by atoms with van der Waals surface area (Å²) in [7, 11) is 3.12. The van der Waals surface area contributed by atoms with Crippen LogP contribution in [0.25, 0.3) is 0 Å². The maximum atomic E-state index is 11.3. The summed E-state index contributed by atoms with van der Waals surface area (Å²) in [5, 5.41) is 9.85. The highest BCUT2D eigenvalue weighted by molar-refractivity contribution is 5.78. The molecule has 0 aromatic rings. The molecular formula is C12H23NO4. The minimum absolute atomic E-state index is 0.243. The van der Waals surface area contributed by atoms with E-state index in [0.29, 0.717) is 13.2 Å². The number of nitrogens with zero attached hydrogens (tertiary/aromatic N) is 1. The first-order chi connectivity index (χ1) is 7.95. The fourth-order valence-corrected chi connectivity index (χ4v) is 1.64. The molecule has 1 saturated carbocycles. The van der Waals surface area contributed by atoms with Crippen molar-refractivity contribution >= 4 is 5.97 Å². The lowest BCUT2D eigenvalue weighted by molar-refractivity contribution is -0.162. The Morgan fingerprint density at radius 3 is 2.71 bits per heavy atom. The van der Waals surface area contributed by atoms with Crippen LogP contribution in [0.15, 0.2) is 0 Å². The maximum Gasteiger partial charge on any atom is 0.338 e. The number of ether oxygens (including phenoxy) is 2. The lowest BCUT2D eigenvalue weighted by Gasteiger charge is -2.26. The molecule has 1 aliphatic rings. The number of carbonyl (C=O) groups is 1. The molecule has 0 saturated heterocycles. The standard InChI is InChI=1S/C12H23NO4/c1-12(15,11(14)16-3)9-13(2)6-7-17-8-10-4-5-10/h10,15H,4-9H2,1-3H3. The van der Waals surface area contributed by atoms with Gasteiger partial charge < -0.3 is 19.5 Å². The first-order valence-corrected chi connectivity index (χ1v) is 6.03. The Balaban J connectivity index is 2.13. The molecule has 0 spiro atoms. The smallest absolute Gasteiger partial charge is 0.338 e. The van der Waals surface area contributed by atoms with Crippen LogP contribution in [0.5, 0.6) is 0 Å². The number of hydrogen-bond donors (Lipinski definition) is 1. The second-order valence-electron chi connectivity index (χ2n) is 5.02. The van der Waals surface area contributed by atoms with Crippen LogP contribution in [0.4, 0.5) is 0 Å². The summed E-state index contributed by atoms with van der Waals surface area (Å²) < 4.78 is 10.0. The number of likely N-dealkylation sites (N-methyl/N-ethyl adjacent to an activating group) is 1. The van der Waals surface area contributed by atoms with Crippen molar-refractivity contribution in [3.8, 4) is 0 Å². The summed E-state index contributed by atoms with van der Waals surface area (Å²) in [5.74, 6) is 0.154. The summed E-state index contributed by atoms with van der Waals surface area (Å²) in [4.78, 5) is 13.1. The molecule has 1 unspecified atom stereocenters. The van der Waals surface area contributed by atoms with Gasteiger partial charge in [0.1, 0.15) is 0 Å². The zero-order valence-electron chi connectivity index (χ0n) is 10.9. The SMILES string of the molecule is COC(=O)C(C)(O)CN(C)CCOCC1CC1. The number of hydrogen-bond acceptors (Lipinski definition) is 5. The number of carbonyl (C=O) groups excluding carboxylic acids is 1. The molecule has 0 aliphatic heterocycles. The van der Waals surface area contributed by atoms with E-state index in [2.05, 4.69) is 4.74 Å². The summed E-state index contributed by atoms with van der Waals surface area (Å²) in [6.45, 7) is 3.86. The Kier molecular flexibility index (Phi) is 5.36. The third-order valence-corrected chi connectivity index (χ3v) is 2.87. The van der Waals surface area contributed by atoms with E-state index in [1.807, 2.05) is 11.9 Å². The van der Waals surface area contributed by atoms with E-state index in [-0.39, 0.29) is 6.54 Å². The molecular weight excluding hydrogens is 222 g/mol. The Labute approximate surface area is 103 Å². The summed E-state index contributed by atoms with van der Waals surface area (Å²) >= 11 is 0. The molecule has 1 atom stereocenters. The normalized spacial score (nSPS) is 19.1. The molecule has 0 bridgehead atoms. The largest absolute Gasteiger partial charge is 0.467 e. The highest BCUT2D eigenvalue weighted by atomic mass is 16.5. The van der Waals surface area contributed by atoms with E-state index in [1.54, 1.807) is 0 Å². The van der Waals surface area contributed by atoms with Crippen molar-refractivity contribution in [3.05, 3.63) is 0 Å². The lowest BCUT2D eigenvalue weighted by atomic mass is 10.1. The zero-order valence-corrected chi connectivity index (χ0v) is 10.9. The van der Waals surface area contributed by atoms with Crippen LogP contribution >= 0.6 is 0 Å². The molecule has 1 N–H and O–H groups in total. The highest BCUT2D eigenvalue weighted by Crippen LogP contribution is 2.28. The van der Waals surface area contributed by atoms with Crippen LogP contribution < -0.4 is 0 Å². The number of aliphatic hydroxyl groups is 1. The first kappa shape index (κ1) is 14.4. The van der Waals surface area contributed by atoms with Crippen molar-refractivity contribution < 1.29 is 19.4 Å². The molecule has 5 heteroatoms. The Morgan fingerprint density at radius 2 is 2.18 bits per heavy atom. The second kappa shape index (κ2) is 6.33. The average Bonchev–Trinajstić information content (AvgIpc) is 3.06. The highest BCUT2D eigenvalue weighted by Gasteiger charge is 2.32. The Morgan fingerprint density at radius 1 is 1.53 bits per heavy atom. The van der Waals surface area contributed by atoms with Gasteiger partial charge in [0.25, 0.3) is 0 Å². The predicted molar refractivity (Wildman–Crippen MR) is 63.7 cm³/mol. The van der Waals surface area contributed by atoms with Gasteiger partial charge in [0.15, 0.2) is 5.60 Å². The van der Waals surface area contributed by atoms with E-state index in [1.165, 1.54) is 26.9 Å². The van der Waals surface area contributed by atoms with Gasteiger partial charge in [0.05, 0.1) is 13.7 Å². The van der Waals surface area contributed by atoms with Crippen molar-refractivity contribution in [3.63, 3.8) is 0 Å². The molecule has 1 rings (SSSR count). The van der Waals surface area contributed by atoms with Crippen LogP contribution in [0.2, 0.25) is 0 Å². The molecule has 5 nitrogen and oxygen atoms in total. The maximum absolute atomic E-state index is 11.3. The van der Waals surface area contributed by atoms with Gasteiger partial charge in [-0.1, -0.05) is 0 Å². The van der Waals surface area contributed by atoms with Gasteiger partial charge in [-0.2, -0.15) is 0 Å². The minimum Gasteiger partial charge on any atom is -0.467 e. The molecule has 1 fully saturated rings. The Bertz CT molecular complexity index is 251. The monoisotopic (exact) mass is 245 g/mol. The van der Waals surface area contributed by atoms with Crippen LogP contribution in [0, 0.1) is 5.92 Å². The Hall–Kier alpha value is -0.650. The lowest BCUT2D eigenvalue weighted by Crippen LogP contribution is -2.46. The van der Waals surface area contributed by atoms with E-state index in [0.717, 1.165) is 12.5 Å². The van der Waals surface area contributed by atoms with Crippen molar-refractivity contribution in [1.29, 1.82) is 0 Å². The average molecular weight is 245 g/mol. The van der Waals surface area contributed by atoms with E-state index in [4.69, 9.17) is 4.74 Å². The van der Waals surface area contributed by atoms with E-state index < -0.39 is 11.6 Å². The third kappa shape index (κ3) is 5.48. The van der Waals surface area contributed by atoms with Gasteiger partial charge in [0, 0.05) is 19.7 Å². The van der Waals surface area contributed by atoms with Crippen molar-refractivity contribution in [2.45, 2.75) is 25.4 Å². The molecule has 0 radical (unpaired) electrons. The van der Waals surface area contributed by atoms with Crippen molar-refractivity contribution in [1.82, 2.24) is 4.90 Å². The predicted octanol–water partition coefficient (Wildman–Crippen LogP) is 0.269. The van der Waals surface area contributed by atoms with Gasteiger partial charge in [-0.15, -0.1) is 0 Å². The molecule has 0 aromatic heterocycles. The zero-order chi connectivity index (χ0) is 12.9. The van der Waals surface area contributed by atoms with Crippen LogP contribution in [0.3, 0.4) is 0 Å². The van der Waals surface area contributed by atoms with Crippen LogP contribution in [-0.4, -0.2) is 62.0 Å². The van der Waals surface area contributed by atoms with Crippen LogP contribution in [0.1, 0.15) is 19.8 Å². The topological polar surface area (TPSA) is 59.0 Å². The third-order valence-electron chi connectivity index (χ3n) is 2.87. The minimum atomic E-state index is -1.46.